The number of anilines is 3. The molecule has 0 aromatic heterocycles. The summed E-state index contributed by atoms with van der Waals surface area (Å²) in [6.07, 6.45) is 0. The summed E-state index contributed by atoms with van der Waals surface area (Å²) in [4.78, 5) is 2.43. The summed E-state index contributed by atoms with van der Waals surface area (Å²) in [5.74, 6) is 0. The second-order valence-corrected chi connectivity index (χ2v) is 11.3. The van der Waals surface area contributed by atoms with E-state index in [0.29, 0.717) is 0 Å². The summed E-state index contributed by atoms with van der Waals surface area (Å²) in [5.41, 5.74) is 10.6. The number of rotatable bonds is 6. The van der Waals surface area contributed by atoms with E-state index in [1.54, 1.807) is 0 Å². The topological polar surface area (TPSA) is 3.24 Å². The first-order valence-electron chi connectivity index (χ1n) is 15.5. The van der Waals surface area contributed by atoms with Crippen LogP contribution >= 0.6 is 0 Å². The minimum atomic E-state index is 1.12. The van der Waals surface area contributed by atoms with Crippen molar-refractivity contribution in [2.24, 2.45) is 0 Å². The zero-order valence-electron chi connectivity index (χ0n) is 24.8. The van der Waals surface area contributed by atoms with E-state index in [-0.39, 0.29) is 0 Å². The Morgan fingerprint density at radius 3 is 1.62 bits per heavy atom. The lowest BCUT2D eigenvalue weighted by Gasteiger charge is -2.30. The first kappa shape index (κ1) is 26.7. The number of hydrogen-bond acceptors (Lipinski definition) is 1. The first-order valence-corrected chi connectivity index (χ1v) is 15.5. The Hall–Kier alpha value is -5.92. The van der Waals surface area contributed by atoms with Crippen LogP contribution in [0.4, 0.5) is 17.1 Å². The third kappa shape index (κ3) is 4.95. The van der Waals surface area contributed by atoms with Gasteiger partial charge in [-0.1, -0.05) is 158 Å². The highest BCUT2D eigenvalue weighted by Crippen LogP contribution is 2.47. The van der Waals surface area contributed by atoms with E-state index in [4.69, 9.17) is 0 Å². The third-order valence-electron chi connectivity index (χ3n) is 8.65. The van der Waals surface area contributed by atoms with E-state index in [1.807, 2.05) is 0 Å². The monoisotopic (exact) mass is 573 g/mol. The highest BCUT2D eigenvalue weighted by molar-refractivity contribution is 6.15. The van der Waals surface area contributed by atoms with Crippen molar-refractivity contribution < 1.29 is 0 Å². The fourth-order valence-electron chi connectivity index (χ4n) is 6.55. The van der Waals surface area contributed by atoms with Crippen LogP contribution in [0.3, 0.4) is 0 Å². The minimum absolute atomic E-state index is 1.12. The van der Waals surface area contributed by atoms with E-state index >= 15 is 0 Å². The molecule has 8 aromatic carbocycles. The van der Waals surface area contributed by atoms with Crippen molar-refractivity contribution in [3.8, 4) is 33.4 Å². The van der Waals surface area contributed by atoms with Crippen LogP contribution in [0.25, 0.3) is 54.9 Å². The van der Waals surface area contributed by atoms with Crippen molar-refractivity contribution >= 4 is 38.6 Å². The van der Waals surface area contributed by atoms with E-state index in [1.165, 1.54) is 54.9 Å². The molecule has 212 valence electrons. The molecule has 0 aliphatic heterocycles. The molecule has 0 N–H and O–H groups in total. The van der Waals surface area contributed by atoms with Gasteiger partial charge in [0.05, 0.1) is 11.4 Å². The van der Waals surface area contributed by atoms with Crippen LogP contribution in [0.2, 0.25) is 0 Å². The van der Waals surface area contributed by atoms with Crippen LogP contribution in [0.5, 0.6) is 0 Å². The molecule has 0 amide bonds. The second-order valence-electron chi connectivity index (χ2n) is 11.3. The highest BCUT2D eigenvalue weighted by atomic mass is 15.1. The molecule has 0 radical (unpaired) electrons. The third-order valence-corrected chi connectivity index (χ3v) is 8.65. The molecule has 0 unspecified atom stereocenters. The van der Waals surface area contributed by atoms with Gasteiger partial charge >= 0.3 is 0 Å². The van der Waals surface area contributed by atoms with Gasteiger partial charge in [-0.2, -0.15) is 0 Å². The Morgan fingerprint density at radius 2 is 0.867 bits per heavy atom. The number of fused-ring (bicyclic) bond motifs is 3. The van der Waals surface area contributed by atoms with E-state index in [2.05, 4.69) is 193 Å². The number of nitrogens with zero attached hydrogens (tertiary/aromatic N) is 1. The van der Waals surface area contributed by atoms with Crippen LogP contribution in [-0.2, 0) is 0 Å². The van der Waals surface area contributed by atoms with Crippen molar-refractivity contribution in [3.63, 3.8) is 0 Å². The van der Waals surface area contributed by atoms with Gasteiger partial charge in [0.25, 0.3) is 0 Å². The van der Waals surface area contributed by atoms with Crippen LogP contribution < -0.4 is 4.90 Å². The standard InChI is InChI=1S/C44H31N/c1-4-16-32(17-5-1)34-28-29-39(42(30-34)33-18-6-2-7-19-33)40-25-14-15-27-43(40)45(36-21-8-3-9-22-36)44-31-35-20-10-11-23-37(35)38-24-12-13-26-41(38)44/h1-31H. The van der Waals surface area contributed by atoms with Gasteiger partial charge in [-0.25, -0.2) is 0 Å². The van der Waals surface area contributed by atoms with Gasteiger partial charge in [-0.05, 0) is 74.3 Å². The molecule has 0 heterocycles. The maximum absolute atomic E-state index is 2.43. The van der Waals surface area contributed by atoms with Crippen molar-refractivity contribution in [3.05, 3.63) is 188 Å². The molecule has 0 spiro atoms. The lowest BCUT2D eigenvalue weighted by molar-refractivity contribution is 1.30. The van der Waals surface area contributed by atoms with Crippen molar-refractivity contribution in [1.29, 1.82) is 0 Å². The van der Waals surface area contributed by atoms with E-state index in [0.717, 1.165) is 17.1 Å². The minimum Gasteiger partial charge on any atom is -0.309 e. The van der Waals surface area contributed by atoms with Crippen molar-refractivity contribution in [1.82, 2.24) is 0 Å². The quantitative estimate of drug-likeness (QED) is 0.179. The highest BCUT2D eigenvalue weighted by Gasteiger charge is 2.21. The summed E-state index contributed by atoms with van der Waals surface area (Å²) < 4.78 is 0. The predicted molar refractivity (Wildman–Crippen MR) is 192 cm³/mol. The van der Waals surface area contributed by atoms with Gasteiger partial charge < -0.3 is 4.90 Å². The molecule has 8 rings (SSSR count). The Kier molecular flexibility index (Phi) is 6.90. The average Bonchev–Trinajstić information content (AvgIpc) is 3.13. The lowest BCUT2D eigenvalue weighted by atomic mass is 9.90. The summed E-state index contributed by atoms with van der Waals surface area (Å²) in [7, 11) is 0. The molecule has 0 fully saturated rings. The molecular weight excluding hydrogens is 542 g/mol. The average molecular weight is 574 g/mol. The summed E-state index contributed by atoms with van der Waals surface area (Å²) >= 11 is 0. The Bertz CT molecular complexity index is 2250. The van der Waals surface area contributed by atoms with E-state index in [9.17, 15) is 0 Å². The number of para-hydroxylation sites is 2. The smallest absolute Gasteiger partial charge is 0.0546 e. The molecule has 1 heteroatoms. The van der Waals surface area contributed by atoms with Gasteiger partial charge in [-0.15, -0.1) is 0 Å². The Balaban J connectivity index is 1.41. The molecule has 0 bridgehead atoms. The SMILES string of the molecule is c1ccc(-c2ccc(-c3ccccc3N(c3ccccc3)c3cc4ccccc4c4ccccc34)c(-c3ccccc3)c2)cc1. The molecule has 0 saturated carbocycles. The van der Waals surface area contributed by atoms with Crippen LogP contribution in [0, 0.1) is 0 Å². The second kappa shape index (κ2) is 11.6. The molecule has 0 aliphatic carbocycles. The maximum Gasteiger partial charge on any atom is 0.0546 e. The van der Waals surface area contributed by atoms with Crippen LogP contribution in [-0.4, -0.2) is 0 Å². The van der Waals surface area contributed by atoms with Gasteiger partial charge in [0, 0.05) is 16.6 Å². The van der Waals surface area contributed by atoms with Crippen LogP contribution in [0.15, 0.2) is 188 Å². The van der Waals surface area contributed by atoms with Crippen molar-refractivity contribution in [2.75, 3.05) is 4.90 Å². The molecule has 0 atom stereocenters. The first-order chi connectivity index (χ1) is 22.3. The zero-order valence-corrected chi connectivity index (χ0v) is 24.8. The normalized spacial score (nSPS) is 11.1. The van der Waals surface area contributed by atoms with Gasteiger partial charge in [0.1, 0.15) is 0 Å². The predicted octanol–water partition coefficient (Wildman–Crippen LogP) is 12.5. The summed E-state index contributed by atoms with van der Waals surface area (Å²) in [6.45, 7) is 0. The van der Waals surface area contributed by atoms with Crippen molar-refractivity contribution in [2.45, 2.75) is 0 Å². The molecule has 1 nitrogen and oxygen atoms in total. The van der Waals surface area contributed by atoms with E-state index < -0.39 is 0 Å². The zero-order chi connectivity index (χ0) is 30.0. The molecule has 45 heavy (non-hydrogen) atoms. The van der Waals surface area contributed by atoms with Gasteiger partial charge in [-0.3, -0.25) is 0 Å². The van der Waals surface area contributed by atoms with Crippen LogP contribution in [0.1, 0.15) is 0 Å². The summed E-state index contributed by atoms with van der Waals surface area (Å²) in [6, 6.07) is 67.7. The van der Waals surface area contributed by atoms with Gasteiger partial charge in [0.15, 0.2) is 0 Å². The lowest BCUT2D eigenvalue weighted by Crippen LogP contribution is -2.12. The largest absolute Gasteiger partial charge is 0.309 e. The van der Waals surface area contributed by atoms with Gasteiger partial charge in [0.2, 0.25) is 0 Å². The molecule has 0 saturated heterocycles. The fraction of sp³-hybridized carbons (Fsp3) is 0. The molecule has 8 aromatic rings. The maximum atomic E-state index is 2.43. The molecule has 0 aliphatic rings. The Labute approximate surface area is 264 Å². The molecular formula is C44H31N. The fourth-order valence-corrected chi connectivity index (χ4v) is 6.55. The Morgan fingerprint density at radius 1 is 0.289 bits per heavy atom. The summed E-state index contributed by atoms with van der Waals surface area (Å²) in [5, 5.41) is 4.96. The number of benzene rings is 8. The number of hydrogen-bond donors (Lipinski definition) is 0.